The standard InChI is InChI=1S/C16H14.2C13H14N.2C4H11NOSi.In.Zr/c1-3-9-15(10-4-1)13-7-8-14-16-11-5-2-6-12-16;2*1-2-6-12-11(5-1)7-8-13(12)14-9-3-4-10-14;2*1-7(2,3)4(5)6;;/h1-14H;2*1-2,5-8H,3-4,9-10H2;2*1-3H3,(H2,5,6);;/q;2*-1;;;2*+2/p-2. The van der Waals surface area contributed by atoms with Crippen molar-refractivity contribution in [1.29, 1.82) is 0 Å². The van der Waals surface area contributed by atoms with Crippen LogP contribution in [0.25, 0.3) is 33.7 Å². The van der Waals surface area contributed by atoms with Gasteiger partial charge in [0.2, 0.25) is 0 Å². The summed E-state index contributed by atoms with van der Waals surface area (Å²) in [6.45, 7) is 17.0. The maximum absolute atomic E-state index is 11.6. The number of allylic oxidation sites excluding steroid dienone is 2. The number of hydrogen-bond donors (Lipinski definition) is 2. The molecule has 2 amide bonds. The number of nitrogens with zero attached hydrogens (tertiary/aromatic N) is 2. The minimum Gasteiger partial charge on any atom is -0.417 e. The molecule has 6 nitrogen and oxygen atoms in total. The number of fused-ring (bicyclic) bond motifs is 2. The molecule has 60 heavy (non-hydrogen) atoms. The van der Waals surface area contributed by atoms with Crippen molar-refractivity contribution in [3.05, 3.63) is 157 Å². The largest absolute Gasteiger partial charge is 2.00 e. The number of rotatable bonds is 9. The summed E-state index contributed by atoms with van der Waals surface area (Å²) in [5.74, 6) is 0. The Kier molecular flexibility index (Phi) is 20.1. The topological polar surface area (TPSA) is 64.7 Å². The number of nitrogens with one attached hydrogen (secondary N) is 2. The van der Waals surface area contributed by atoms with E-state index in [0.717, 1.165) is 0 Å². The van der Waals surface area contributed by atoms with Gasteiger partial charge in [0.05, 0.1) is 0 Å². The summed E-state index contributed by atoms with van der Waals surface area (Å²) in [6, 6.07) is 46.8. The molecule has 1 radical (unpaired) electrons. The average Bonchev–Trinajstić information content (AvgIpc) is 4.08. The molecule has 2 heterocycles. The van der Waals surface area contributed by atoms with Gasteiger partial charge >= 0.3 is 132 Å². The molecule has 0 unspecified atom stereocenters. The third-order valence-corrected chi connectivity index (χ3v) is 17.2. The van der Waals surface area contributed by atoms with Crippen LogP contribution < -0.4 is 16.4 Å². The fraction of sp³-hybridized carbons (Fsp3) is 0.280. The molecule has 0 spiro atoms. The number of hydrogen-bond acceptors (Lipinski definition) is 4. The molecule has 6 aromatic carbocycles. The molecule has 2 aliphatic rings. The zero-order valence-electron chi connectivity index (χ0n) is 36.5. The van der Waals surface area contributed by atoms with Crippen LogP contribution in [0.2, 0.25) is 39.3 Å². The number of anilines is 2. The van der Waals surface area contributed by atoms with Gasteiger partial charge < -0.3 is 9.80 Å². The van der Waals surface area contributed by atoms with E-state index in [-0.39, 0.29) is 37.3 Å². The van der Waals surface area contributed by atoms with E-state index in [9.17, 15) is 9.59 Å². The summed E-state index contributed by atoms with van der Waals surface area (Å²) in [5.41, 5.74) is 5.63. The maximum Gasteiger partial charge on any atom is 2.00 e. The molecule has 0 bridgehead atoms. The average molecular weight is 1010 g/mol. The fourth-order valence-corrected chi connectivity index (χ4v) is 17.0. The smallest absolute Gasteiger partial charge is 0.417 e. The van der Waals surface area contributed by atoms with Gasteiger partial charge in [-0.05, 0) is 36.8 Å². The predicted molar refractivity (Wildman–Crippen MR) is 262 cm³/mol. The minimum atomic E-state index is -1.72. The van der Waals surface area contributed by atoms with E-state index < -0.39 is 39.6 Å². The van der Waals surface area contributed by atoms with Gasteiger partial charge in [-0.25, -0.2) is 0 Å². The van der Waals surface area contributed by atoms with Gasteiger partial charge in [0, 0.05) is 26.2 Å². The van der Waals surface area contributed by atoms with Gasteiger partial charge in [-0.1, -0.05) is 108 Å². The number of carbonyl (C=O) groups is 2. The summed E-state index contributed by atoms with van der Waals surface area (Å²) < 4.78 is 5.86. The van der Waals surface area contributed by atoms with Crippen molar-refractivity contribution in [2.24, 2.45) is 0 Å². The van der Waals surface area contributed by atoms with Crippen molar-refractivity contribution in [1.82, 2.24) is 6.61 Å². The van der Waals surface area contributed by atoms with Gasteiger partial charge in [0.15, 0.2) is 0 Å². The quantitative estimate of drug-likeness (QED) is 0.0860. The van der Waals surface area contributed by atoms with Crippen molar-refractivity contribution in [3.63, 3.8) is 0 Å². The molecular formula is C50H62InN4O2Si2Zr. The first-order valence-electron chi connectivity index (χ1n) is 21.1. The van der Waals surface area contributed by atoms with Gasteiger partial charge in [0.1, 0.15) is 0 Å². The Balaban J connectivity index is 0.000000176. The van der Waals surface area contributed by atoms with Gasteiger partial charge in [-0.3, -0.25) is 0 Å². The first-order chi connectivity index (χ1) is 28.4. The number of benzene rings is 4. The SMILES string of the molecule is C(C=Cc1ccccc1)=Cc1ccccc1.C[Si](C)(C)C(=O)[NH][In][NH]C(=O)[Si](C)(C)C.[Zr+2].c1ccc2c(N3CCCC3)c[cH-]c2c1.c1ccc2c(N3CCCC3)c[cH-]c2c1. The number of carbonyl (C=O) groups excluding carboxylic acids is 2. The second-order valence-electron chi connectivity index (χ2n) is 17.1. The monoisotopic (exact) mass is 1010 g/mol. The van der Waals surface area contributed by atoms with E-state index in [2.05, 4.69) is 138 Å². The first-order valence-corrected chi connectivity index (χ1v) is 31.4. The molecule has 2 fully saturated rings. The Morgan fingerprint density at radius 1 is 0.533 bits per heavy atom. The van der Waals surface area contributed by atoms with E-state index >= 15 is 0 Å². The molecule has 6 aromatic rings. The summed E-state index contributed by atoms with van der Waals surface area (Å²) in [7, 11) is -3.44. The molecule has 0 saturated carbocycles. The third-order valence-electron chi connectivity index (χ3n) is 10.3. The Labute approximate surface area is 392 Å². The van der Waals surface area contributed by atoms with Crippen LogP contribution in [0.5, 0.6) is 0 Å². The zero-order valence-corrected chi connectivity index (χ0v) is 44.2. The van der Waals surface area contributed by atoms with Gasteiger partial charge in [0.25, 0.3) is 0 Å². The summed E-state index contributed by atoms with van der Waals surface area (Å²) >= 11 is -1.43. The molecule has 0 aromatic heterocycles. The molecule has 309 valence electrons. The second kappa shape index (κ2) is 24.7. The van der Waals surface area contributed by atoms with E-state index in [1.54, 1.807) is 0 Å². The van der Waals surface area contributed by atoms with Crippen molar-refractivity contribution < 1.29 is 35.8 Å². The van der Waals surface area contributed by atoms with Crippen molar-refractivity contribution >= 4 is 95.8 Å². The van der Waals surface area contributed by atoms with E-state index in [1.165, 1.54) is 95.9 Å². The van der Waals surface area contributed by atoms with Crippen LogP contribution in [0, 0.1) is 0 Å². The molecule has 2 saturated heterocycles. The van der Waals surface area contributed by atoms with Crippen LogP contribution in [0.4, 0.5) is 21.0 Å². The molecule has 0 atom stereocenters. The van der Waals surface area contributed by atoms with Crippen LogP contribution in [0.15, 0.2) is 146 Å². The second-order valence-corrected chi connectivity index (χ2v) is 29.5. The maximum atomic E-state index is 11.6. The van der Waals surface area contributed by atoms with Crippen LogP contribution in [0.3, 0.4) is 0 Å². The zero-order chi connectivity index (χ0) is 42.1. The molecule has 8 rings (SSSR count). The van der Waals surface area contributed by atoms with Gasteiger partial charge in [-0.2, -0.15) is 0 Å². The van der Waals surface area contributed by atoms with E-state index in [1.807, 2.05) is 75.7 Å². The van der Waals surface area contributed by atoms with Crippen LogP contribution in [-0.4, -0.2) is 76.9 Å². The molecule has 0 aliphatic carbocycles. The third kappa shape index (κ3) is 15.6. The van der Waals surface area contributed by atoms with Gasteiger partial charge in [-0.15, -0.1) is 82.2 Å². The van der Waals surface area contributed by atoms with Crippen LogP contribution in [0.1, 0.15) is 36.8 Å². The molecule has 2 aliphatic heterocycles. The van der Waals surface area contributed by atoms with Crippen molar-refractivity contribution in [3.8, 4) is 0 Å². The van der Waals surface area contributed by atoms with E-state index in [4.69, 9.17) is 0 Å². The summed E-state index contributed by atoms with van der Waals surface area (Å²) in [5, 5.41) is 5.56. The Hall–Kier alpha value is -3.69. The Morgan fingerprint density at radius 2 is 0.867 bits per heavy atom. The molecular weight excluding hydrogens is 951 g/mol. The minimum absolute atomic E-state index is 0. The van der Waals surface area contributed by atoms with Crippen molar-refractivity contribution in [2.45, 2.75) is 65.0 Å². The fourth-order valence-electron chi connectivity index (χ4n) is 6.80. The molecule has 10 heteroatoms. The van der Waals surface area contributed by atoms with Crippen LogP contribution in [-0.2, 0) is 26.2 Å². The summed E-state index contributed by atoms with van der Waals surface area (Å²) in [4.78, 5) is 28.1. The Morgan fingerprint density at radius 3 is 1.22 bits per heavy atom. The van der Waals surface area contributed by atoms with E-state index in [0.29, 0.717) is 0 Å². The molecule has 2 N–H and O–H groups in total. The Bertz CT molecular complexity index is 2090. The van der Waals surface area contributed by atoms with Crippen LogP contribution >= 0.6 is 0 Å². The first kappa shape index (κ1) is 49.0. The number of amides is 2. The van der Waals surface area contributed by atoms with Crippen molar-refractivity contribution in [2.75, 3.05) is 36.0 Å². The summed E-state index contributed by atoms with van der Waals surface area (Å²) in [6.07, 6.45) is 13.7. The predicted octanol–water partition coefficient (Wildman–Crippen LogP) is 12.5. The normalized spacial score (nSPS) is 13.8.